The van der Waals surface area contributed by atoms with E-state index >= 15 is 0 Å². The molecular weight excluding hydrogens is 310 g/mol. The number of carbonyl (C=O) groups excluding carboxylic acids is 2. The highest BCUT2D eigenvalue weighted by Gasteiger charge is 2.23. The largest absolute Gasteiger partial charge is 0.371 e. The third kappa shape index (κ3) is 4.19. The minimum absolute atomic E-state index is 0.423. The van der Waals surface area contributed by atoms with Crippen LogP contribution in [0.5, 0.6) is 0 Å². The molecule has 3 rings (SSSR count). The molecule has 0 bridgehead atoms. The van der Waals surface area contributed by atoms with E-state index in [2.05, 4.69) is 16.3 Å². The fraction of sp³-hybridized carbons (Fsp3) is 0.529. The van der Waals surface area contributed by atoms with E-state index in [-0.39, 0.29) is 0 Å². The van der Waals surface area contributed by atoms with E-state index in [0.29, 0.717) is 18.8 Å². The van der Waals surface area contributed by atoms with Gasteiger partial charge in [0.05, 0.1) is 0 Å². The normalized spacial score (nSPS) is 18.6. The lowest BCUT2D eigenvalue weighted by Crippen LogP contribution is -2.44. The number of thioether (sulfide) groups is 1. The Morgan fingerprint density at radius 3 is 2.48 bits per heavy atom. The topological polar surface area (TPSA) is 52.7 Å². The highest BCUT2D eigenvalue weighted by molar-refractivity contribution is 7.99. The predicted octanol–water partition coefficient (Wildman–Crippen LogP) is 2.19. The van der Waals surface area contributed by atoms with Gasteiger partial charge in [0.25, 0.3) is 0 Å². The number of rotatable bonds is 2. The SMILES string of the molecule is O=C(Nc1cccc(N2CCCCC2)c1)C(=O)N1CCSCC1. The zero-order valence-electron chi connectivity index (χ0n) is 13.3. The second-order valence-electron chi connectivity index (χ2n) is 5.96. The van der Waals surface area contributed by atoms with E-state index < -0.39 is 11.8 Å². The van der Waals surface area contributed by atoms with Crippen LogP contribution in [-0.4, -0.2) is 54.4 Å². The van der Waals surface area contributed by atoms with Gasteiger partial charge in [-0.3, -0.25) is 9.59 Å². The number of anilines is 2. The molecule has 1 aromatic rings. The molecule has 0 atom stereocenters. The molecule has 5 nitrogen and oxygen atoms in total. The van der Waals surface area contributed by atoms with Gasteiger partial charge in [-0.05, 0) is 37.5 Å². The van der Waals surface area contributed by atoms with Crippen LogP contribution in [0.1, 0.15) is 19.3 Å². The van der Waals surface area contributed by atoms with E-state index in [1.807, 2.05) is 30.0 Å². The lowest BCUT2D eigenvalue weighted by atomic mass is 10.1. The van der Waals surface area contributed by atoms with Crippen molar-refractivity contribution in [2.24, 2.45) is 0 Å². The highest BCUT2D eigenvalue weighted by atomic mass is 32.2. The van der Waals surface area contributed by atoms with Gasteiger partial charge in [0, 0.05) is 49.1 Å². The van der Waals surface area contributed by atoms with Crippen molar-refractivity contribution in [2.75, 3.05) is 47.9 Å². The van der Waals surface area contributed by atoms with Gasteiger partial charge in [0.1, 0.15) is 0 Å². The number of hydrogen-bond acceptors (Lipinski definition) is 4. The summed E-state index contributed by atoms with van der Waals surface area (Å²) < 4.78 is 0. The molecule has 0 aliphatic carbocycles. The van der Waals surface area contributed by atoms with Crippen LogP contribution < -0.4 is 10.2 Å². The van der Waals surface area contributed by atoms with E-state index in [1.54, 1.807) is 4.90 Å². The summed E-state index contributed by atoms with van der Waals surface area (Å²) >= 11 is 1.82. The molecule has 0 saturated carbocycles. The Hall–Kier alpha value is -1.69. The minimum Gasteiger partial charge on any atom is -0.371 e. The predicted molar refractivity (Wildman–Crippen MR) is 95.0 cm³/mol. The minimum atomic E-state index is -0.535. The van der Waals surface area contributed by atoms with Gasteiger partial charge in [-0.2, -0.15) is 11.8 Å². The van der Waals surface area contributed by atoms with E-state index in [0.717, 1.165) is 30.3 Å². The van der Waals surface area contributed by atoms with Crippen molar-refractivity contribution in [1.29, 1.82) is 0 Å². The van der Waals surface area contributed by atoms with Gasteiger partial charge >= 0.3 is 11.8 Å². The molecule has 1 N–H and O–H groups in total. The molecule has 6 heteroatoms. The summed E-state index contributed by atoms with van der Waals surface area (Å²) in [5.74, 6) is 0.855. The maximum atomic E-state index is 12.2. The molecule has 0 radical (unpaired) electrons. The lowest BCUT2D eigenvalue weighted by molar-refractivity contribution is -0.142. The average Bonchev–Trinajstić information content (AvgIpc) is 2.63. The fourth-order valence-corrected chi connectivity index (χ4v) is 3.93. The Balaban J connectivity index is 1.62. The Kier molecular flexibility index (Phi) is 5.43. The maximum absolute atomic E-state index is 12.2. The van der Waals surface area contributed by atoms with Gasteiger partial charge < -0.3 is 15.1 Å². The van der Waals surface area contributed by atoms with Crippen LogP contribution in [-0.2, 0) is 9.59 Å². The maximum Gasteiger partial charge on any atom is 0.313 e. The molecule has 0 spiro atoms. The Morgan fingerprint density at radius 1 is 1.00 bits per heavy atom. The van der Waals surface area contributed by atoms with Crippen LogP contribution >= 0.6 is 11.8 Å². The molecule has 0 aromatic heterocycles. The van der Waals surface area contributed by atoms with Crippen molar-refractivity contribution >= 4 is 35.0 Å². The van der Waals surface area contributed by atoms with Crippen LogP contribution in [0.15, 0.2) is 24.3 Å². The van der Waals surface area contributed by atoms with Gasteiger partial charge in [-0.1, -0.05) is 6.07 Å². The fourth-order valence-electron chi connectivity index (χ4n) is 3.03. The van der Waals surface area contributed by atoms with Crippen LogP contribution in [0.25, 0.3) is 0 Å². The summed E-state index contributed by atoms with van der Waals surface area (Å²) in [5, 5.41) is 2.75. The van der Waals surface area contributed by atoms with E-state index in [1.165, 1.54) is 19.3 Å². The van der Waals surface area contributed by atoms with Crippen molar-refractivity contribution in [3.8, 4) is 0 Å². The zero-order chi connectivity index (χ0) is 16.1. The van der Waals surface area contributed by atoms with Crippen LogP contribution in [0.2, 0.25) is 0 Å². The number of carbonyl (C=O) groups is 2. The van der Waals surface area contributed by atoms with Crippen molar-refractivity contribution in [2.45, 2.75) is 19.3 Å². The summed E-state index contributed by atoms with van der Waals surface area (Å²) in [6.07, 6.45) is 3.71. The second-order valence-corrected chi connectivity index (χ2v) is 7.18. The molecule has 1 aromatic carbocycles. The van der Waals surface area contributed by atoms with E-state index in [4.69, 9.17) is 0 Å². The molecule has 2 fully saturated rings. The first-order chi connectivity index (χ1) is 11.2. The highest BCUT2D eigenvalue weighted by Crippen LogP contribution is 2.23. The van der Waals surface area contributed by atoms with Gasteiger partial charge in [-0.15, -0.1) is 0 Å². The second kappa shape index (κ2) is 7.73. The summed E-state index contributed by atoms with van der Waals surface area (Å²) in [5.41, 5.74) is 1.81. The third-order valence-corrected chi connectivity index (χ3v) is 5.26. The number of nitrogens with one attached hydrogen (secondary N) is 1. The molecule has 2 saturated heterocycles. The summed E-state index contributed by atoms with van der Waals surface area (Å²) in [7, 11) is 0. The summed E-state index contributed by atoms with van der Waals surface area (Å²) in [6.45, 7) is 3.43. The lowest BCUT2D eigenvalue weighted by Gasteiger charge is -2.29. The first kappa shape index (κ1) is 16.2. The zero-order valence-corrected chi connectivity index (χ0v) is 14.1. The molecule has 2 aliphatic rings. The van der Waals surface area contributed by atoms with Crippen LogP contribution in [0.4, 0.5) is 11.4 Å². The standard InChI is InChI=1S/C17H23N3O2S/c21-16(17(22)20-9-11-23-12-10-20)18-14-5-4-6-15(13-14)19-7-2-1-3-8-19/h4-6,13H,1-3,7-12H2,(H,18,21). The van der Waals surface area contributed by atoms with Crippen molar-refractivity contribution in [3.05, 3.63) is 24.3 Å². The number of hydrogen-bond donors (Lipinski definition) is 1. The first-order valence-corrected chi connectivity index (χ1v) is 9.42. The van der Waals surface area contributed by atoms with Crippen molar-refractivity contribution < 1.29 is 9.59 Å². The van der Waals surface area contributed by atoms with Gasteiger partial charge in [0.15, 0.2) is 0 Å². The van der Waals surface area contributed by atoms with Gasteiger partial charge in [-0.25, -0.2) is 0 Å². The molecule has 2 amide bonds. The van der Waals surface area contributed by atoms with Crippen molar-refractivity contribution in [3.63, 3.8) is 0 Å². The average molecular weight is 333 g/mol. The van der Waals surface area contributed by atoms with E-state index in [9.17, 15) is 9.59 Å². The smallest absolute Gasteiger partial charge is 0.313 e. The number of nitrogens with zero attached hydrogens (tertiary/aromatic N) is 2. The number of benzene rings is 1. The number of amides is 2. The van der Waals surface area contributed by atoms with Crippen LogP contribution in [0.3, 0.4) is 0 Å². The Morgan fingerprint density at radius 2 is 1.74 bits per heavy atom. The number of piperidine rings is 1. The molecule has 2 aliphatic heterocycles. The molecule has 124 valence electrons. The molecule has 2 heterocycles. The quantitative estimate of drug-likeness (QED) is 0.843. The Labute approximate surface area is 141 Å². The van der Waals surface area contributed by atoms with Crippen LogP contribution in [0, 0.1) is 0 Å². The van der Waals surface area contributed by atoms with Gasteiger partial charge in [0.2, 0.25) is 0 Å². The first-order valence-electron chi connectivity index (χ1n) is 8.27. The summed E-state index contributed by atoms with van der Waals surface area (Å²) in [6, 6.07) is 7.79. The molecule has 0 unspecified atom stereocenters. The third-order valence-electron chi connectivity index (χ3n) is 4.32. The summed E-state index contributed by atoms with van der Waals surface area (Å²) in [4.78, 5) is 28.3. The molecular formula is C17H23N3O2S. The monoisotopic (exact) mass is 333 g/mol. The Bertz CT molecular complexity index is 567. The van der Waals surface area contributed by atoms with Crippen molar-refractivity contribution in [1.82, 2.24) is 4.90 Å². The molecule has 23 heavy (non-hydrogen) atoms.